The molecule has 1 saturated heterocycles. The van der Waals surface area contributed by atoms with Crippen LogP contribution in [0.3, 0.4) is 0 Å². The van der Waals surface area contributed by atoms with Gasteiger partial charge in [0.15, 0.2) is 0 Å². The van der Waals surface area contributed by atoms with Gasteiger partial charge in [0.05, 0.1) is 12.2 Å². The summed E-state index contributed by atoms with van der Waals surface area (Å²) < 4.78 is 1.80. The third-order valence-electron chi connectivity index (χ3n) is 3.22. The molecular weight excluding hydrogens is 192 g/mol. The number of carbonyl (C=O) groups is 1. The predicted octanol–water partition coefficient (Wildman–Crippen LogP) is -0.0410. The van der Waals surface area contributed by atoms with Crippen molar-refractivity contribution in [2.75, 3.05) is 7.05 Å². The van der Waals surface area contributed by atoms with Crippen LogP contribution in [0.5, 0.6) is 0 Å². The van der Waals surface area contributed by atoms with Crippen molar-refractivity contribution in [2.45, 2.75) is 25.4 Å². The summed E-state index contributed by atoms with van der Waals surface area (Å²) >= 11 is 0. The molecule has 1 aromatic heterocycles. The fourth-order valence-corrected chi connectivity index (χ4v) is 2.14. The molecule has 0 saturated carbocycles. The molecule has 2 heterocycles. The number of aromatic nitrogens is 2. The van der Waals surface area contributed by atoms with Crippen LogP contribution >= 0.6 is 0 Å². The number of carbonyl (C=O) groups excluding carboxylic acids is 1. The van der Waals surface area contributed by atoms with Gasteiger partial charge >= 0.3 is 0 Å². The largest absolute Gasteiger partial charge is 0.337 e. The highest BCUT2D eigenvalue weighted by atomic mass is 16.2. The third kappa shape index (κ3) is 1.43. The van der Waals surface area contributed by atoms with E-state index in [9.17, 15) is 4.79 Å². The summed E-state index contributed by atoms with van der Waals surface area (Å²) in [5.41, 5.74) is 8.09. The molecule has 1 aliphatic heterocycles. The number of likely N-dealkylation sites (tertiary alicyclic amines) is 1. The Bertz CT molecular complexity index is 398. The van der Waals surface area contributed by atoms with Gasteiger partial charge in [-0.3, -0.25) is 9.48 Å². The first-order valence-electron chi connectivity index (χ1n) is 5.02. The molecule has 2 N–H and O–H groups in total. The highest BCUT2D eigenvalue weighted by Crippen LogP contribution is 2.31. The highest BCUT2D eigenvalue weighted by molar-refractivity contribution is 5.80. The van der Waals surface area contributed by atoms with Crippen LogP contribution in [0.4, 0.5) is 0 Å². The van der Waals surface area contributed by atoms with E-state index in [1.807, 2.05) is 14.0 Å². The summed E-state index contributed by atoms with van der Waals surface area (Å²) in [5.74, 6) is 0.107. The lowest BCUT2D eigenvalue weighted by Gasteiger charge is -2.22. The fourth-order valence-electron chi connectivity index (χ4n) is 2.14. The summed E-state index contributed by atoms with van der Waals surface area (Å²) in [4.78, 5) is 13.2. The number of hydrogen-bond acceptors (Lipinski definition) is 3. The van der Waals surface area contributed by atoms with Gasteiger partial charge in [-0.15, -0.1) is 0 Å². The van der Waals surface area contributed by atoms with Gasteiger partial charge < -0.3 is 10.6 Å². The highest BCUT2D eigenvalue weighted by Gasteiger charge is 2.37. The molecule has 15 heavy (non-hydrogen) atoms. The molecule has 82 valence electrons. The second-order valence-electron chi connectivity index (χ2n) is 4.13. The third-order valence-corrected chi connectivity index (χ3v) is 3.22. The Morgan fingerprint density at radius 1 is 1.53 bits per heavy atom. The monoisotopic (exact) mass is 208 g/mol. The number of nitrogens with two attached hydrogens (primary N) is 1. The number of nitrogens with zero attached hydrogens (tertiary/aromatic N) is 3. The second-order valence-corrected chi connectivity index (χ2v) is 4.13. The van der Waals surface area contributed by atoms with E-state index in [1.54, 1.807) is 22.8 Å². The van der Waals surface area contributed by atoms with Crippen LogP contribution in [-0.4, -0.2) is 33.7 Å². The molecule has 0 radical (unpaired) electrons. The Morgan fingerprint density at radius 3 is 2.60 bits per heavy atom. The molecule has 1 amide bonds. The molecule has 0 bridgehead atoms. The van der Waals surface area contributed by atoms with Gasteiger partial charge in [0.25, 0.3) is 0 Å². The molecule has 5 heteroatoms. The van der Waals surface area contributed by atoms with Crippen LogP contribution in [0, 0.1) is 6.92 Å². The number of aryl methyl sites for hydroxylation is 1. The Morgan fingerprint density at radius 2 is 2.20 bits per heavy atom. The van der Waals surface area contributed by atoms with E-state index in [2.05, 4.69) is 5.10 Å². The first-order chi connectivity index (χ1) is 7.02. The average molecular weight is 208 g/mol. The predicted molar refractivity (Wildman–Crippen MR) is 56.0 cm³/mol. The van der Waals surface area contributed by atoms with Gasteiger partial charge in [0.2, 0.25) is 5.91 Å². The van der Waals surface area contributed by atoms with Gasteiger partial charge in [-0.2, -0.15) is 5.10 Å². The number of amides is 1. The van der Waals surface area contributed by atoms with Crippen molar-refractivity contribution in [3.63, 3.8) is 0 Å². The van der Waals surface area contributed by atoms with Crippen molar-refractivity contribution < 1.29 is 4.79 Å². The van der Waals surface area contributed by atoms with Crippen molar-refractivity contribution in [3.8, 4) is 0 Å². The summed E-state index contributed by atoms with van der Waals surface area (Å²) in [5, 5.41) is 4.18. The van der Waals surface area contributed by atoms with Gasteiger partial charge in [0.1, 0.15) is 0 Å². The summed E-state index contributed by atoms with van der Waals surface area (Å²) in [6.45, 7) is 1.99. The van der Waals surface area contributed by atoms with E-state index in [0.29, 0.717) is 6.42 Å². The Balaban J connectivity index is 2.39. The zero-order valence-corrected chi connectivity index (χ0v) is 9.27. The molecular formula is C10H16N4O. The first kappa shape index (κ1) is 10.2. The van der Waals surface area contributed by atoms with E-state index >= 15 is 0 Å². The van der Waals surface area contributed by atoms with E-state index < -0.39 is 0 Å². The van der Waals surface area contributed by atoms with Gasteiger partial charge in [0, 0.05) is 37.8 Å². The number of hydrogen-bond donors (Lipinski definition) is 1. The van der Waals surface area contributed by atoms with Crippen LogP contribution in [0.1, 0.15) is 23.7 Å². The fraction of sp³-hybridized carbons (Fsp3) is 0.600. The normalized spacial score (nSPS) is 26.4. The maximum absolute atomic E-state index is 11.5. The summed E-state index contributed by atoms with van der Waals surface area (Å²) in [7, 11) is 3.69. The first-order valence-corrected chi connectivity index (χ1v) is 5.02. The molecule has 0 unspecified atom stereocenters. The Hall–Kier alpha value is -1.36. The van der Waals surface area contributed by atoms with Crippen LogP contribution in [0.25, 0.3) is 0 Å². The lowest BCUT2D eigenvalue weighted by molar-refractivity contribution is -0.127. The number of likely N-dealkylation sites (N-methyl/N-ethyl adjacent to an activating group) is 1. The lowest BCUT2D eigenvalue weighted by Crippen LogP contribution is -2.30. The molecule has 5 nitrogen and oxygen atoms in total. The molecule has 0 aromatic carbocycles. The zero-order chi connectivity index (χ0) is 11.2. The van der Waals surface area contributed by atoms with Crippen LogP contribution < -0.4 is 5.73 Å². The molecule has 1 aromatic rings. The number of rotatable bonds is 1. The van der Waals surface area contributed by atoms with Gasteiger partial charge in [-0.05, 0) is 6.92 Å². The van der Waals surface area contributed by atoms with Gasteiger partial charge in [-0.1, -0.05) is 0 Å². The Kier molecular flexibility index (Phi) is 2.26. The van der Waals surface area contributed by atoms with Gasteiger partial charge in [-0.25, -0.2) is 0 Å². The molecule has 1 aliphatic rings. The summed E-state index contributed by atoms with van der Waals surface area (Å²) in [6.07, 6.45) is 2.23. The molecule has 1 fully saturated rings. The van der Waals surface area contributed by atoms with Crippen molar-refractivity contribution >= 4 is 5.91 Å². The van der Waals surface area contributed by atoms with E-state index in [0.717, 1.165) is 11.3 Å². The minimum absolute atomic E-state index is 0.0220. The lowest BCUT2D eigenvalue weighted by atomic mass is 10.0. The minimum Gasteiger partial charge on any atom is -0.337 e. The standard InChI is InChI=1S/C10H16N4O/c1-6-7(5-12-14(6)3)10-8(11)4-9(15)13(10)2/h5,8,10H,4,11H2,1-3H3/t8-,10+/m1/s1. The molecule has 2 rings (SSSR count). The summed E-state index contributed by atoms with van der Waals surface area (Å²) in [6, 6.07) is -0.142. The van der Waals surface area contributed by atoms with E-state index in [1.165, 1.54) is 0 Å². The smallest absolute Gasteiger partial charge is 0.224 e. The van der Waals surface area contributed by atoms with E-state index in [-0.39, 0.29) is 18.0 Å². The van der Waals surface area contributed by atoms with Crippen LogP contribution in [0.15, 0.2) is 6.20 Å². The van der Waals surface area contributed by atoms with Crippen LogP contribution in [0.2, 0.25) is 0 Å². The van der Waals surface area contributed by atoms with Crippen molar-refractivity contribution in [1.29, 1.82) is 0 Å². The maximum atomic E-state index is 11.5. The quantitative estimate of drug-likeness (QED) is 0.704. The van der Waals surface area contributed by atoms with E-state index in [4.69, 9.17) is 5.73 Å². The van der Waals surface area contributed by atoms with Crippen molar-refractivity contribution in [2.24, 2.45) is 12.8 Å². The second kappa shape index (κ2) is 3.34. The van der Waals surface area contributed by atoms with Crippen LogP contribution in [-0.2, 0) is 11.8 Å². The zero-order valence-electron chi connectivity index (χ0n) is 9.27. The molecule has 2 atom stereocenters. The average Bonchev–Trinajstić information content (AvgIpc) is 2.60. The van der Waals surface area contributed by atoms with Crippen molar-refractivity contribution in [1.82, 2.24) is 14.7 Å². The topological polar surface area (TPSA) is 64.2 Å². The SMILES string of the molecule is Cc1c([C@H]2[C@H](N)CC(=O)N2C)cnn1C. The minimum atomic E-state index is -0.120. The Labute approximate surface area is 88.8 Å². The molecule has 0 spiro atoms. The molecule has 0 aliphatic carbocycles. The maximum Gasteiger partial charge on any atom is 0.224 e. The van der Waals surface area contributed by atoms with Crippen molar-refractivity contribution in [3.05, 3.63) is 17.5 Å².